The van der Waals surface area contributed by atoms with E-state index in [9.17, 15) is 8.42 Å². The molecule has 4 rings (SSSR count). The van der Waals surface area contributed by atoms with Gasteiger partial charge in [0.1, 0.15) is 0 Å². The van der Waals surface area contributed by atoms with Gasteiger partial charge in [-0.05, 0) is 47.6 Å². The molecular weight excluding hydrogens is 346 g/mol. The molecule has 5 nitrogen and oxygen atoms in total. The van der Waals surface area contributed by atoms with Crippen LogP contribution in [0, 0.1) is 17.4 Å². The molecule has 0 N–H and O–H groups in total. The van der Waals surface area contributed by atoms with Crippen LogP contribution in [-0.4, -0.2) is 38.7 Å². The van der Waals surface area contributed by atoms with Gasteiger partial charge in [0.15, 0.2) is 6.19 Å². The number of nitriles is 1. The summed E-state index contributed by atoms with van der Waals surface area (Å²) in [6.07, 6.45) is 3.62. The molecule has 0 unspecified atom stereocenters. The third kappa shape index (κ3) is 3.15. The molecule has 0 aliphatic carbocycles. The Morgan fingerprint density at radius 2 is 1.88 bits per heavy atom. The molecule has 0 saturated carbocycles. The topological polar surface area (TPSA) is 64.4 Å². The van der Waals surface area contributed by atoms with Crippen molar-refractivity contribution in [3.63, 3.8) is 0 Å². The third-order valence-corrected chi connectivity index (χ3v) is 7.19. The van der Waals surface area contributed by atoms with Crippen molar-refractivity contribution in [2.24, 2.45) is 5.92 Å². The summed E-state index contributed by atoms with van der Waals surface area (Å²) in [6, 6.07) is 16.2. The van der Waals surface area contributed by atoms with E-state index in [0.717, 1.165) is 35.2 Å². The minimum absolute atomic E-state index is 0.0345. The van der Waals surface area contributed by atoms with E-state index in [1.54, 1.807) is 9.21 Å². The maximum absolute atomic E-state index is 12.9. The molecule has 2 aromatic rings. The molecule has 0 aromatic heterocycles. The molecule has 0 spiro atoms. The van der Waals surface area contributed by atoms with Crippen LogP contribution in [0.5, 0.6) is 0 Å². The highest BCUT2D eigenvalue weighted by Gasteiger charge is 2.34. The van der Waals surface area contributed by atoms with Crippen molar-refractivity contribution in [1.82, 2.24) is 4.90 Å². The Bertz CT molecular complexity index is 951. The van der Waals surface area contributed by atoms with Gasteiger partial charge in [0.2, 0.25) is 10.0 Å². The second-order valence-corrected chi connectivity index (χ2v) is 8.95. The average Bonchev–Trinajstić information content (AvgIpc) is 3.28. The van der Waals surface area contributed by atoms with Crippen LogP contribution in [0.3, 0.4) is 0 Å². The molecule has 1 fully saturated rings. The predicted molar refractivity (Wildman–Crippen MR) is 102 cm³/mol. The van der Waals surface area contributed by atoms with Gasteiger partial charge >= 0.3 is 0 Å². The molecule has 2 heterocycles. The number of sulfonamides is 1. The largest absolute Gasteiger partial charge is 0.310 e. The molecule has 0 radical (unpaired) electrons. The summed E-state index contributed by atoms with van der Waals surface area (Å²) in [5.41, 5.74) is 4.14. The van der Waals surface area contributed by atoms with Gasteiger partial charge in [-0.2, -0.15) is 5.26 Å². The van der Waals surface area contributed by atoms with Crippen LogP contribution in [0.25, 0.3) is 11.1 Å². The Kier molecular flexibility index (Phi) is 4.33. The van der Waals surface area contributed by atoms with E-state index in [4.69, 9.17) is 5.26 Å². The SMILES string of the molecule is N#CN1CC[C@@H](CS(=O)(=O)N2CCc3cc(-c4ccccc4)ccc32)C1. The van der Waals surface area contributed by atoms with Crippen molar-refractivity contribution in [2.75, 3.05) is 29.7 Å². The summed E-state index contributed by atoms with van der Waals surface area (Å²) in [4.78, 5) is 1.64. The zero-order valence-corrected chi connectivity index (χ0v) is 15.3. The van der Waals surface area contributed by atoms with E-state index in [1.165, 1.54) is 0 Å². The number of nitrogens with zero attached hydrogens (tertiary/aromatic N) is 3. The van der Waals surface area contributed by atoms with E-state index in [0.29, 0.717) is 19.6 Å². The number of benzene rings is 2. The fourth-order valence-electron chi connectivity index (χ4n) is 3.92. The molecule has 2 aliphatic heterocycles. The van der Waals surface area contributed by atoms with Crippen molar-refractivity contribution in [2.45, 2.75) is 12.8 Å². The second-order valence-electron chi connectivity index (χ2n) is 7.01. The Morgan fingerprint density at radius 1 is 1.08 bits per heavy atom. The summed E-state index contributed by atoms with van der Waals surface area (Å²) in [6.45, 7) is 1.71. The number of rotatable bonds is 4. The molecule has 1 atom stereocenters. The second kappa shape index (κ2) is 6.65. The Hall–Kier alpha value is -2.52. The Morgan fingerprint density at radius 3 is 2.62 bits per heavy atom. The monoisotopic (exact) mass is 367 g/mol. The average molecular weight is 367 g/mol. The van der Waals surface area contributed by atoms with Gasteiger partial charge in [-0.3, -0.25) is 4.31 Å². The highest BCUT2D eigenvalue weighted by molar-refractivity contribution is 7.92. The molecule has 0 bridgehead atoms. The van der Waals surface area contributed by atoms with Crippen LogP contribution in [-0.2, 0) is 16.4 Å². The van der Waals surface area contributed by atoms with E-state index >= 15 is 0 Å². The lowest BCUT2D eigenvalue weighted by molar-refractivity contribution is 0.464. The van der Waals surface area contributed by atoms with Crippen LogP contribution in [0.4, 0.5) is 5.69 Å². The van der Waals surface area contributed by atoms with Gasteiger partial charge in [0.05, 0.1) is 11.4 Å². The molecule has 0 amide bonds. The Balaban J connectivity index is 1.55. The van der Waals surface area contributed by atoms with Crippen LogP contribution >= 0.6 is 0 Å². The lowest BCUT2D eigenvalue weighted by Crippen LogP contribution is -2.34. The van der Waals surface area contributed by atoms with E-state index in [1.807, 2.05) is 30.3 Å². The number of hydrogen-bond acceptors (Lipinski definition) is 4. The van der Waals surface area contributed by atoms with E-state index in [-0.39, 0.29) is 11.7 Å². The van der Waals surface area contributed by atoms with Crippen molar-refractivity contribution in [3.8, 4) is 17.3 Å². The van der Waals surface area contributed by atoms with E-state index in [2.05, 4.69) is 24.4 Å². The molecule has 2 aromatic carbocycles. The first kappa shape index (κ1) is 16.9. The summed E-state index contributed by atoms with van der Waals surface area (Å²) in [7, 11) is -3.37. The van der Waals surface area contributed by atoms with Crippen molar-refractivity contribution in [1.29, 1.82) is 5.26 Å². The first-order chi connectivity index (χ1) is 12.6. The molecule has 26 heavy (non-hydrogen) atoms. The number of hydrogen-bond donors (Lipinski definition) is 0. The van der Waals surface area contributed by atoms with Crippen molar-refractivity contribution >= 4 is 15.7 Å². The lowest BCUT2D eigenvalue weighted by Gasteiger charge is -2.21. The molecule has 1 saturated heterocycles. The van der Waals surface area contributed by atoms with Crippen LogP contribution < -0.4 is 4.31 Å². The molecular formula is C20H21N3O2S. The van der Waals surface area contributed by atoms with Gasteiger partial charge in [0, 0.05) is 19.6 Å². The lowest BCUT2D eigenvalue weighted by atomic mass is 10.0. The van der Waals surface area contributed by atoms with Crippen molar-refractivity contribution < 1.29 is 8.42 Å². The van der Waals surface area contributed by atoms with Gasteiger partial charge in [-0.25, -0.2) is 8.42 Å². The molecule has 2 aliphatic rings. The summed E-state index contributed by atoms with van der Waals surface area (Å²) in [5, 5.41) is 8.96. The van der Waals surface area contributed by atoms with Crippen molar-refractivity contribution in [3.05, 3.63) is 54.1 Å². The normalized spacial score (nSPS) is 19.4. The first-order valence-electron chi connectivity index (χ1n) is 8.90. The van der Waals surface area contributed by atoms with Gasteiger partial charge in [-0.1, -0.05) is 36.4 Å². The number of likely N-dealkylation sites (tertiary alicyclic amines) is 1. The Labute approximate surface area is 154 Å². The van der Waals surface area contributed by atoms with Gasteiger partial charge in [-0.15, -0.1) is 0 Å². The van der Waals surface area contributed by atoms with Gasteiger partial charge in [0.25, 0.3) is 0 Å². The maximum atomic E-state index is 12.9. The fourth-order valence-corrected chi connectivity index (χ4v) is 5.81. The standard InChI is InChI=1S/C20H21N3O2S/c21-15-22-10-8-16(13-22)14-26(24,25)23-11-9-19-12-18(6-7-20(19)23)17-4-2-1-3-5-17/h1-7,12,16H,8-11,13-14H2/t16-/m1/s1. The number of anilines is 1. The summed E-state index contributed by atoms with van der Waals surface area (Å²) < 4.78 is 27.4. The van der Waals surface area contributed by atoms with E-state index < -0.39 is 10.0 Å². The number of fused-ring (bicyclic) bond motifs is 1. The molecule has 134 valence electrons. The first-order valence-corrected chi connectivity index (χ1v) is 10.5. The van der Waals surface area contributed by atoms with Crippen LogP contribution in [0.15, 0.2) is 48.5 Å². The minimum Gasteiger partial charge on any atom is -0.310 e. The van der Waals surface area contributed by atoms with Gasteiger partial charge < -0.3 is 4.90 Å². The zero-order chi connectivity index (χ0) is 18.1. The molecule has 6 heteroatoms. The predicted octanol–water partition coefficient (Wildman–Crippen LogP) is 2.85. The fraction of sp³-hybridized carbons (Fsp3) is 0.350. The zero-order valence-electron chi connectivity index (χ0n) is 14.5. The highest BCUT2D eigenvalue weighted by atomic mass is 32.2. The summed E-state index contributed by atoms with van der Waals surface area (Å²) >= 11 is 0. The highest BCUT2D eigenvalue weighted by Crippen LogP contribution is 2.35. The minimum atomic E-state index is -3.37. The summed E-state index contributed by atoms with van der Waals surface area (Å²) in [5.74, 6) is 0.151. The third-order valence-electron chi connectivity index (χ3n) is 5.25. The smallest absolute Gasteiger partial charge is 0.235 e. The van der Waals surface area contributed by atoms with Crippen LogP contribution in [0.1, 0.15) is 12.0 Å². The quantitative estimate of drug-likeness (QED) is 0.780. The maximum Gasteiger partial charge on any atom is 0.235 e. The van der Waals surface area contributed by atoms with Crippen LogP contribution in [0.2, 0.25) is 0 Å².